The summed E-state index contributed by atoms with van der Waals surface area (Å²) in [5.41, 5.74) is 8.32. The predicted molar refractivity (Wildman–Crippen MR) is 121 cm³/mol. The topological polar surface area (TPSA) is 81.7 Å². The van der Waals surface area contributed by atoms with E-state index in [0.29, 0.717) is 35.0 Å². The van der Waals surface area contributed by atoms with Crippen molar-refractivity contribution in [1.82, 2.24) is 19.7 Å². The molecule has 1 saturated carbocycles. The first-order valence-corrected chi connectivity index (χ1v) is 10.9. The number of hydrogen-bond donors (Lipinski definition) is 2. The first-order chi connectivity index (χ1) is 15.6. The molecule has 8 heteroatoms. The summed E-state index contributed by atoms with van der Waals surface area (Å²) >= 11 is 0. The standard InChI is InChI=1S/C24H24F2N6/c25-16-11-12-18(19(26)13-16)21-20-22(27)32(14-15-7-3-1-4-8-15)31-23(20)30-24(29-21)28-17-9-5-2-6-10-17/h1,3-4,7-8,11-13,17H,2,5-6,9-10,14,27H2,(H,28,30,31). The number of rotatable bonds is 5. The summed E-state index contributed by atoms with van der Waals surface area (Å²) in [5, 5.41) is 8.44. The van der Waals surface area contributed by atoms with E-state index in [1.54, 1.807) is 4.68 Å². The number of anilines is 2. The minimum atomic E-state index is -0.705. The highest BCUT2D eigenvalue weighted by Crippen LogP contribution is 2.34. The number of nitrogen functional groups attached to an aromatic ring is 1. The van der Waals surface area contributed by atoms with Crippen LogP contribution in [0.25, 0.3) is 22.3 Å². The molecule has 164 valence electrons. The number of aromatic nitrogens is 4. The number of benzene rings is 2. The lowest BCUT2D eigenvalue weighted by Crippen LogP contribution is -2.23. The Morgan fingerprint density at radius 2 is 1.78 bits per heavy atom. The van der Waals surface area contributed by atoms with Gasteiger partial charge in [0.25, 0.3) is 0 Å². The molecule has 5 rings (SSSR count). The molecule has 2 aromatic heterocycles. The average Bonchev–Trinajstić information content (AvgIpc) is 3.10. The van der Waals surface area contributed by atoms with E-state index in [2.05, 4.69) is 20.4 Å². The number of hydrogen-bond acceptors (Lipinski definition) is 5. The van der Waals surface area contributed by atoms with Gasteiger partial charge < -0.3 is 11.1 Å². The Morgan fingerprint density at radius 3 is 2.53 bits per heavy atom. The maximum absolute atomic E-state index is 14.8. The summed E-state index contributed by atoms with van der Waals surface area (Å²) in [7, 11) is 0. The number of nitrogens with one attached hydrogen (secondary N) is 1. The fraction of sp³-hybridized carbons (Fsp3) is 0.292. The van der Waals surface area contributed by atoms with Crippen LogP contribution in [0, 0.1) is 11.6 Å². The van der Waals surface area contributed by atoms with Gasteiger partial charge in [0.1, 0.15) is 17.5 Å². The molecule has 1 fully saturated rings. The molecule has 1 aliphatic rings. The second-order valence-electron chi connectivity index (χ2n) is 8.23. The van der Waals surface area contributed by atoms with Crippen molar-refractivity contribution in [2.45, 2.75) is 44.7 Å². The number of nitrogens with zero attached hydrogens (tertiary/aromatic N) is 4. The van der Waals surface area contributed by atoms with Crippen LogP contribution in [0.4, 0.5) is 20.5 Å². The molecule has 0 radical (unpaired) electrons. The number of nitrogens with two attached hydrogens (primary N) is 1. The third-order valence-electron chi connectivity index (χ3n) is 5.94. The monoisotopic (exact) mass is 434 g/mol. The number of halogens is 2. The Kier molecular flexibility index (Phi) is 5.43. The molecule has 0 spiro atoms. The number of fused-ring (bicyclic) bond motifs is 1. The van der Waals surface area contributed by atoms with Crippen LogP contribution in [0.1, 0.15) is 37.7 Å². The Labute approximate surface area is 184 Å². The van der Waals surface area contributed by atoms with Crippen molar-refractivity contribution in [1.29, 1.82) is 0 Å². The van der Waals surface area contributed by atoms with Gasteiger partial charge >= 0.3 is 0 Å². The maximum atomic E-state index is 14.8. The smallest absolute Gasteiger partial charge is 0.225 e. The fourth-order valence-electron chi connectivity index (χ4n) is 4.30. The second-order valence-corrected chi connectivity index (χ2v) is 8.23. The van der Waals surface area contributed by atoms with E-state index >= 15 is 0 Å². The molecular formula is C24H24F2N6. The largest absolute Gasteiger partial charge is 0.383 e. The van der Waals surface area contributed by atoms with Gasteiger partial charge in [0.05, 0.1) is 17.6 Å². The quantitative estimate of drug-likeness (QED) is 0.454. The summed E-state index contributed by atoms with van der Waals surface area (Å²) in [6.07, 6.45) is 5.60. The average molecular weight is 434 g/mol. The van der Waals surface area contributed by atoms with Crippen LogP contribution < -0.4 is 11.1 Å². The molecule has 0 unspecified atom stereocenters. The van der Waals surface area contributed by atoms with Crippen molar-refractivity contribution in [2.75, 3.05) is 11.1 Å². The normalized spacial score (nSPS) is 14.7. The minimum absolute atomic E-state index is 0.163. The lowest BCUT2D eigenvalue weighted by molar-refractivity contribution is 0.461. The summed E-state index contributed by atoms with van der Waals surface area (Å²) in [6.45, 7) is 0.444. The van der Waals surface area contributed by atoms with Gasteiger partial charge in [-0.3, -0.25) is 0 Å². The molecule has 2 aromatic carbocycles. The first-order valence-electron chi connectivity index (χ1n) is 10.9. The van der Waals surface area contributed by atoms with Gasteiger partial charge in [-0.2, -0.15) is 4.98 Å². The molecule has 2 heterocycles. The summed E-state index contributed by atoms with van der Waals surface area (Å²) < 4.78 is 30.0. The summed E-state index contributed by atoms with van der Waals surface area (Å²) in [6, 6.07) is 13.5. The van der Waals surface area contributed by atoms with Crippen molar-refractivity contribution < 1.29 is 8.78 Å². The van der Waals surface area contributed by atoms with Crippen molar-refractivity contribution in [3.8, 4) is 11.3 Å². The van der Waals surface area contributed by atoms with Gasteiger partial charge in [-0.15, -0.1) is 5.10 Å². The Hall–Kier alpha value is -3.55. The van der Waals surface area contributed by atoms with Crippen LogP contribution in [-0.4, -0.2) is 25.8 Å². The van der Waals surface area contributed by atoms with Gasteiger partial charge in [0.15, 0.2) is 5.65 Å². The van der Waals surface area contributed by atoms with E-state index in [4.69, 9.17) is 5.73 Å². The van der Waals surface area contributed by atoms with Crippen LogP contribution in [0.15, 0.2) is 48.5 Å². The molecule has 1 aliphatic carbocycles. The van der Waals surface area contributed by atoms with E-state index in [-0.39, 0.29) is 11.6 Å². The zero-order chi connectivity index (χ0) is 22.1. The van der Waals surface area contributed by atoms with E-state index in [1.165, 1.54) is 18.6 Å². The molecule has 6 nitrogen and oxygen atoms in total. The lowest BCUT2D eigenvalue weighted by atomic mass is 9.96. The van der Waals surface area contributed by atoms with Gasteiger partial charge in [-0.1, -0.05) is 49.6 Å². The van der Waals surface area contributed by atoms with Crippen LogP contribution in [0.3, 0.4) is 0 Å². The summed E-state index contributed by atoms with van der Waals surface area (Å²) in [4.78, 5) is 9.21. The highest BCUT2D eigenvalue weighted by molar-refractivity contribution is 5.99. The lowest BCUT2D eigenvalue weighted by Gasteiger charge is -2.22. The zero-order valence-electron chi connectivity index (χ0n) is 17.6. The molecular weight excluding hydrogens is 410 g/mol. The third-order valence-corrected chi connectivity index (χ3v) is 5.94. The third kappa shape index (κ3) is 4.00. The van der Waals surface area contributed by atoms with E-state index in [9.17, 15) is 8.78 Å². The van der Waals surface area contributed by atoms with Gasteiger partial charge in [-0.25, -0.2) is 18.4 Å². The molecule has 0 amide bonds. The fourth-order valence-corrected chi connectivity index (χ4v) is 4.30. The van der Waals surface area contributed by atoms with E-state index in [1.807, 2.05) is 30.3 Å². The van der Waals surface area contributed by atoms with Gasteiger partial charge in [-0.05, 0) is 30.5 Å². The molecule has 0 saturated heterocycles. The second kappa shape index (κ2) is 8.53. The molecule has 0 atom stereocenters. The Bertz CT molecular complexity index is 1250. The Morgan fingerprint density at radius 1 is 1.00 bits per heavy atom. The van der Waals surface area contributed by atoms with Crippen molar-refractivity contribution in [3.05, 3.63) is 65.7 Å². The van der Waals surface area contributed by atoms with Crippen LogP contribution in [-0.2, 0) is 6.54 Å². The molecule has 0 bridgehead atoms. The molecule has 3 N–H and O–H groups in total. The predicted octanol–water partition coefficient (Wildman–Crippen LogP) is 5.15. The van der Waals surface area contributed by atoms with Crippen LogP contribution in [0.5, 0.6) is 0 Å². The minimum Gasteiger partial charge on any atom is -0.383 e. The van der Waals surface area contributed by atoms with Crippen LogP contribution in [0.2, 0.25) is 0 Å². The molecule has 0 aliphatic heterocycles. The van der Waals surface area contributed by atoms with Crippen molar-refractivity contribution in [3.63, 3.8) is 0 Å². The Balaban J connectivity index is 1.63. The zero-order valence-corrected chi connectivity index (χ0v) is 17.6. The van der Waals surface area contributed by atoms with E-state index < -0.39 is 11.6 Å². The highest BCUT2D eigenvalue weighted by Gasteiger charge is 2.22. The van der Waals surface area contributed by atoms with Crippen LogP contribution >= 0.6 is 0 Å². The highest BCUT2D eigenvalue weighted by atomic mass is 19.1. The van der Waals surface area contributed by atoms with Crippen molar-refractivity contribution >= 4 is 22.8 Å². The SMILES string of the molecule is Nc1c2c(-c3ccc(F)cc3F)nc(NC3CCCCC3)nc2nn1Cc1ccccc1. The van der Waals surface area contributed by atoms with Crippen molar-refractivity contribution in [2.24, 2.45) is 0 Å². The summed E-state index contributed by atoms with van der Waals surface area (Å²) in [5.74, 6) is -0.632. The maximum Gasteiger partial charge on any atom is 0.225 e. The molecule has 4 aromatic rings. The first kappa shape index (κ1) is 20.4. The molecule has 32 heavy (non-hydrogen) atoms. The van der Waals surface area contributed by atoms with Gasteiger partial charge in [0.2, 0.25) is 5.95 Å². The van der Waals surface area contributed by atoms with Gasteiger partial charge in [0, 0.05) is 17.7 Å². The van der Waals surface area contributed by atoms with E-state index in [0.717, 1.165) is 37.3 Å².